The quantitative estimate of drug-likeness (QED) is 0.787. The molecule has 1 heterocycles. The Morgan fingerprint density at radius 1 is 1.54 bits per heavy atom. The molecule has 0 radical (unpaired) electrons. The highest BCUT2D eigenvalue weighted by atomic mass is 79.9. The summed E-state index contributed by atoms with van der Waals surface area (Å²) in [6.07, 6.45) is 1.12. The molecule has 3 nitrogen and oxygen atoms in total. The first-order chi connectivity index (χ1) is 5.77. The van der Waals surface area contributed by atoms with Crippen molar-refractivity contribution in [2.75, 3.05) is 0 Å². The monoisotopic (exact) mass is 309 g/mol. The first kappa shape index (κ1) is 11.3. The lowest BCUT2D eigenvalue weighted by atomic mass is 10.7. The normalized spacial score (nSPS) is 13.2. The number of halogens is 4. The average molecular weight is 311 g/mol. The van der Waals surface area contributed by atoms with Gasteiger partial charge in [0.2, 0.25) is 0 Å². The molecule has 0 saturated carbocycles. The highest BCUT2D eigenvalue weighted by molar-refractivity contribution is 9.10. The van der Waals surface area contributed by atoms with Crippen molar-refractivity contribution in [2.24, 2.45) is 0 Å². The number of hydrogen-bond donors (Lipinski definition) is 0. The van der Waals surface area contributed by atoms with Gasteiger partial charge in [-0.25, -0.2) is 3.97 Å². The van der Waals surface area contributed by atoms with Crippen LogP contribution in [-0.4, -0.2) is 16.3 Å². The molecule has 0 aliphatic rings. The molecule has 0 aliphatic heterocycles. The van der Waals surface area contributed by atoms with Crippen LogP contribution in [0.5, 0.6) is 0 Å². The zero-order valence-electron chi connectivity index (χ0n) is 5.92. The fraction of sp³-hybridized carbons (Fsp3) is 0.200. The van der Waals surface area contributed by atoms with Crippen molar-refractivity contribution in [1.82, 2.24) is 3.97 Å². The topological polar surface area (TPSA) is 39.1 Å². The molecule has 1 aromatic heterocycles. The van der Waals surface area contributed by atoms with Gasteiger partial charge in [-0.15, -0.1) is 0 Å². The summed E-state index contributed by atoms with van der Waals surface area (Å²) in [6, 6.07) is 2.82. The van der Waals surface area contributed by atoms with Crippen LogP contribution < -0.4 is 0 Å². The van der Waals surface area contributed by atoms with Crippen LogP contribution in [0.4, 0.5) is 4.39 Å². The van der Waals surface area contributed by atoms with E-state index in [0.717, 1.165) is 6.20 Å². The summed E-state index contributed by atoms with van der Waals surface area (Å²) in [7, 11) is -4.43. The third kappa shape index (κ3) is 2.01. The second-order valence-corrected chi connectivity index (χ2v) is 6.48. The molecule has 0 amide bonds. The molecule has 8 heteroatoms. The van der Waals surface area contributed by atoms with E-state index < -0.39 is 13.9 Å². The van der Waals surface area contributed by atoms with Crippen molar-refractivity contribution in [1.29, 1.82) is 0 Å². The van der Waals surface area contributed by atoms with Gasteiger partial charge in [-0.2, -0.15) is 12.8 Å². The predicted molar refractivity (Wildman–Crippen MR) is 52.0 cm³/mol. The lowest BCUT2D eigenvalue weighted by molar-refractivity contribution is 0.464. The first-order valence-corrected chi connectivity index (χ1v) is 5.90. The third-order valence-corrected chi connectivity index (χ3v) is 4.69. The molecule has 0 bridgehead atoms. The van der Waals surface area contributed by atoms with Crippen molar-refractivity contribution in [2.45, 2.75) is 3.92 Å². The molecule has 0 saturated heterocycles. The summed E-state index contributed by atoms with van der Waals surface area (Å²) in [5.41, 5.74) is 0. The molecule has 1 aromatic rings. The van der Waals surface area contributed by atoms with Gasteiger partial charge < -0.3 is 0 Å². The van der Waals surface area contributed by atoms with Gasteiger partial charge in [-0.1, -0.05) is 0 Å². The molecular weight excluding hydrogens is 308 g/mol. The fourth-order valence-electron chi connectivity index (χ4n) is 0.652. The zero-order valence-corrected chi connectivity index (χ0v) is 9.83. The first-order valence-electron chi connectivity index (χ1n) is 2.91. The van der Waals surface area contributed by atoms with Gasteiger partial charge >= 0.3 is 13.9 Å². The molecule has 0 unspecified atom stereocenters. The molecule has 1 rings (SSSR count). The van der Waals surface area contributed by atoms with Crippen LogP contribution in [0, 0.1) is 0 Å². The van der Waals surface area contributed by atoms with E-state index in [1.165, 1.54) is 12.1 Å². The molecule has 13 heavy (non-hydrogen) atoms. The van der Waals surface area contributed by atoms with Crippen LogP contribution in [0.25, 0.3) is 0 Å². The van der Waals surface area contributed by atoms with E-state index in [1.807, 2.05) is 0 Å². The minimum atomic E-state index is -4.43. The Morgan fingerprint density at radius 2 is 2.08 bits per heavy atom. The Morgan fingerprint density at radius 3 is 2.38 bits per heavy atom. The van der Waals surface area contributed by atoms with Crippen LogP contribution in [-0.2, 0) is 10.0 Å². The summed E-state index contributed by atoms with van der Waals surface area (Å²) < 4.78 is 32.7. The molecule has 0 aliphatic carbocycles. The minimum absolute atomic E-state index is 0.149. The van der Waals surface area contributed by atoms with E-state index in [9.17, 15) is 12.8 Å². The molecule has 74 valence electrons. The molecule has 0 spiro atoms. The van der Waals surface area contributed by atoms with E-state index in [1.54, 1.807) is 0 Å². The van der Waals surface area contributed by atoms with Crippen molar-refractivity contribution in [3.05, 3.63) is 22.9 Å². The smallest absolute Gasteiger partial charge is 0.234 e. The van der Waals surface area contributed by atoms with Gasteiger partial charge in [-0.05, 0) is 51.3 Å². The Labute approximate surface area is 92.6 Å². The second-order valence-electron chi connectivity index (χ2n) is 2.08. The lowest BCUT2D eigenvalue weighted by Crippen LogP contribution is -2.27. The lowest BCUT2D eigenvalue weighted by Gasteiger charge is -2.12. The van der Waals surface area contributed by atoms with Crippen LogP contribution in [0.2, 0.25) is 0 Å². The standard InChI is InChI=1S/C5H3BrCl2FNO2S/c6-4-2-1-3-10(4)13(11,12)5(7,8)9/h1-3H. The molecule has 0 atom stereocenters. The number of aromatic nitrogens is 1. The van der Waals surface area contributed by atoms with Gasteiger partial charge in [0.15, 0.2) is 0 Å². The van der Waals surface area contributed by atoms with Crippen LogP contribution in [0.3, 0.4) is 0 Å². The number of hydrogen-bond acceptors (Lipinski definition) is 2. The van der Waals surface area contributed by atoms with Crippen molar-refractivity contribution in [3.8, 4) is 0 Å². The number of nitrogens with zero attached hydrogens (tertiary/aromatic N) is 1. The van der Waals surface area contributed by atoms with Gasteiger partial charge in [0.05, 0.1) is 4.60 Å². The maximum atomic E-state index is 12.8. The molecular formula is C5H3BrCl2FNO2S. The summed E-state index contributed by atoms with van der Waals surface area (Å²) in [5, 5.41) is 0. The molecule has 0 N–H and O–H groups in total. The van der Waals surface area contributed by atoms with E-state index in [2.05, 4.69) is 15.9 Å². The Bertz CT molecular complexity index is 410. The van der Waals surface area contributed by atoms with Crippen molar-refractivity contribution < 1.29 is 12.8 Å². The summed E-state index contributed by atoms with van der Waals surface area (Å²) in [4.78, 5) is 0. The second kappa shape index (κ2) is 3.42. The minimum Gasteiger partial charge on any atom is -0.234 e. The summed E-state index contributed by atoms with van der Waals surface area (Å²) in [6.45, 7) is 0. The van der Waals surface area contributed by atoms with Crippen LogP contribution in [0.15, 0.2) is 22.9 Å². The van der Waals surface area contributed by atoms with Crippen molar-refractivity contribution in [3.63, 3.8) is 0 Å². The highest BCUT2D eigenvalue weighted by Gasteiger charge is 2.42. The van der Waals surface area contributed by atoms with Crippen LogP contribution in [0.1, 0.15) is 0 Å². The largest absolute Gasteiger partial charge is 0.377 e. The molecule has 0 fully saturated rings. The Kier molecular flexibility index (Phi) is 2.97. The maximum Gasteiger partial charge on any atom is 0.377 e. The fourth-order valence-corrected chi connectivity index (χ4v) is 2.68. The van der Waals surface area contributed by atoms with E-state index in [4.69, 9.17) is 23.2 Å². The third-order valence-electron chi connectivity index (χ3n) is 1.22. The summed E-state index contributed by atoms with van der Waals surface area (Å²) >= 11 is 12.6. The van der Waals surface area contributed by atoms with E-state index in [-0.39, 0.29) is 4.60 Å². The number of alkyl halides is 3. The highest BCUT2D eigenvalue weighted by Crippen LogP contribution is 2.33. The molecule has 0 aromatic carbocycles. The van der Waals surface area contributed by atoms with Gasteiger partial charge in [-0.3, -0.25) is 0 Å². The Hall–Kier alpha value is 0.220. The predicted octanol–water partition coefficient (Wildman–Crippen LogP) is 2.49. The van der Waals surface area contributed by atoms with Gasteiger partial charge in [0, 0.05) is 6.20 Å². The van der Waals surface area contributed by atoms with E-state index in [0.29, 0.717) is 3.97 Å². The van der Waals surface area contributed by atoms with Crippen LogP contribution >= 0.6 is 39.1 Å². The Balaban J connectivity index is 3.33. The number of rotatable bonds is 2. The average Bonchev–Trinajstić information content (AvgIpc) is 2.32. The maximum absolute atomic E-state index is 12.8. The van der Waals surface area contributed by atoms with Crippen molar-refractivity contribution >= 4 is 49.2 Å². The van der Waals surface area contributed by atoms with Gasteiger partial charge in [0.25, 0.3) is 0 Å². The summed E-state index contributed by atoms with van der Waals surface area (Å²) in [5.74, 6) is 0. The van der Waals surface area contributed by atoms with Gasteiger partial charge in [0.1, 0.15) is 0 Å². The SMILES string of the molecule is O=S(=O)(n1cccc1Br)C(F)(Cl)Cl. The van der Waals surface area contributed by atoms with E-state index >= 15 is 0 Å². The zero-order chi connectivity index (χ0) is 10.3.